The summed E-state index contributed by atoms with van der Waals surface area (Å²) in [5.41, 5.74) is 1.89. The Balaban J connectivity index is 1.98. The molecule has 2 aromatic carbocycles. The van der Waals surface area contributed by atoms with Crippen molar-refractivity contribution in [3.63, 3.8) is 0 Å². The molecule has 1 atom stereocenters. The molecule has 0 saturated heterocycles. The van der Waals surface area contributed by atoms with Crippen molar-refractivity contribution in [3.05, 3.63) is 64.5 Å². The Hall–Kier alpha value is -2.66. The third-order valence-electron chi connectivity index (χ3n) is 3.58. The van der Waals surface area contributed by atoms with E-state index in [9.17, 15) is 9.59 Å². The molecular formula is C17H12ClNO4. The number of oxazole rings is 1. The summed E-state index contributed by atoms with van der Waals surface area (Å²) < 4.78 is 5.50. The van der Waals surface area contributed by atoms with Gasteiger partial charge in [0.1, 0.15) is 5.52 Å². The number of ketones is 1. The number of fused-ring (bicyclic) bond motifs is 1. The number of aromatic nitrogens is 1. The minimum atomic E-state index is -0.929. The molecule has 1 heterocycles. The normalized spacial score (nSPS) is 12.3. The largest absolute Gasteiger partial charge is 0.481 e. The average molecular weight is 330 g/mol. The van der Waals surface area contributed by atoms with Crippen LogP contribution in [0.4, 0.5) is 0 Å². The summed E-state index contributed by atoms with van der Waals surface area (Å²) in [5, 5.41) is 9.59. The van der Waals surface area contributed by atoms with Gasteiger partial charge in [0.25, 0.3) is 5.89 Å². The Morgan fingerprint density at radius 1 is 1.17 bits per heavy atom. The van der Waals surface area contributed by atoms with E-state index in [0.717, 1.165) is 0 Å². The third kappa shape index (κ3) is 2.96. The summed E-state index contributed by atoms with van der Waals surface area (Å²) in [4.78, 5) is 27.6. The van der Waals surface area contributed by atoms with Gasteiger partial charge < -0.3 is 9.52 Å². The molecule has 1 unspecified atom stereocenters. The molecule has 0 spiro atoms. The van der Waals surface area contributed by atoms with Crippen LogP contribution < -0.4 is 0 Å². The van der Waals surface area contributed by atoms with Gasteiger partial charge in [0.05, 0.1) is 5.92 Å². The molecule has 0 aliphatic rings. The van der Waals surface area contributed by atoms with E-state index >= 15 is 0 Å². The molecule has 0 amide bonds. The molecule has 0 saturated carbocycles. The molecule has 6 heteroatoms. The molecule has 1 N–H and O–H groups in total. The molecule has 0 fully saturated rings. The zero-order valence-corrected chi connectivity index (χ0v) is 12.9. The quantitative estimate of drug-likeness (QED) is 0.734. The van der Waals surface area contributed by atoms with E-state index < -0.39 is 11.9 Å². The van der Waals surface area contributed by atoms with Crippen LogP contribution >= 0.6 is 11.6 Å². The van der Waals surface area contributed by atoms with Gasteiger partial charge in [-0.25, -0.2) is 4.98 Å². The number of aliphatic carboxylic acids is 1. The molecule has 0 bridgehead atoms. The molecule has 0 radical (unpaired) electrons. The van der Waals surface area contributed by atoms with Crippen molar-refractivity contribution in [2.45, 2.75) is 12.8 Å². The predicted octanol–water partition coefficient (Wildman–Crippen LogP) is 3.90. The van der Waals surface area contributed by atoms with E-state index in [-0.39, 0.29) is 11.7 Å². The van der Waals surface area contributed by atoms with E-state index in [1.165, 1.54) is 0 Å². The number of hydrogen-bond acceptors (Lipinski definition) is 4. The fourth-order valence-corrected chi connectivity index (χ4v) is 2.30. The van der Waals surface area contributed by atoms with Crippen molar-refractivity contribution in [2.24, 2.45) is 0 Å². The first-order valence-electron chi connectivity index (χ1n) is 6.89. The summed E-state index contributed by atoms with van der Waals surface area (Å²) >= 11 is 5.80. The Morgan fingerprint density at radius 2 is 1.87 bits per heavy atom. The van der Waals surface area contributed by atoms with Crippen LogP contribution in [0, 0.1) is 0 Å². The van der Waals surface area contributed by atoms with Crippen molar-refractivity contribution in [1.82, 2.24) is 4.98 Å². The molecule has 5 nitrogen and oxygen atoms in total. The zero-order valence-electron chi connectivity index (χ0n) is 12.1. The van der Waals surface area contributed by atoms with Crippen molar-refractivity contribution in [3.8, 4) is 0 Å². The second kappa shape index (κ2) is 5.85. The Morgan fingerprint density at radius 3 is 2.52 bits per heavy atom. The lowest BCUT2D eigenvalue weighted by Gasteiger charge is -2.04. The van der Waals surface area contributed by atoms with Crippen molar-refractivity contribution in [1.29, 1.82) is 0 Å². The number of benzene rings is 2. The van der Waals surface area contributed by atoms with Crippen LogP contribution in [0.25, 0.3) is 11.1 Å². The number of carbonyl (C=O) groups excluding carboxylic acids is 1. The number of rotatable bonds is 4. The topological polar surface area (TPSA) is 80.4 Å². The Labute approximate surface area is 136 Å². The Kier molecular flexibility index (Phi) is 3.88. The summed E-state index contributed by atoms with van der Waals surface area (Å²) in [6.07, 6.45) is 0. The number of hydrogen-bond donors (Lipinski definition) is 1. The molecule has 1 aromatic heterocycles. The fourth-order valence-electron chi connectivity index (χ4n) is 2.17. The third-order valence-corrected chi connectivity index (χ3v) is 3.84. The summed E-state index contributed by atoms with van der Waals surface area (Å²) in [7, 11) is 0. The van der Waals surface area contributed by atoms with Gasteiger partial charge in [0.15, 0.2) is 5.58 Å². The van der Waals surface area contributed by atoms with E-state index in [0.29, 0.717) is 27.2 Å². The van der Waals surface area contributed by atoms with Crippen LogP contribution in [0.2, 0.25) is 5.02 Å². The molecule has 3 aromatic rings. The lowest BCUT2D eigenvalue weighted by Crippen LogP contribution is -2.06. The summed E-state index contributed by atoms with van der Waals surface area (Å²) in [6.45, 7) is 1.58. The summed E-state index contributed by atoms with van der Waals surface area (Å²) in [6, 6.07) is 11.3. The van der Waals surface area contributed by atoms with E-state index in [1.807, 2.05) is 0 Å². The second-order valence-corrected chi connectivity index (χ2v) is 5.58. The van der Waals surface area contributed by atoms with Gasteiger partial charge in [-0.1, -0.05) is 17.7 Å². The SMILES string of the molecule is CC(C(=O)O)c1ccc2nc(C(=O)c3ccc(Cl)cc3)oc2c1. The van der Waals surface area contributed by atoms with Gasteiger partial charge >= 0.3 is 5.97 Å². The van der Waals surface area contributed by atoms with Crippen molar-refractivity contribution >= 4 is 34.5 Å². The Bertz CT molecular complexity index is 899. The first kappa shape index (κ1) is 15.2. The number of carboxylic acid groups (broad SMARTS) is 1. The van der Waals surface area contributed by atoms with Gasteiger partial charge in [-0.15, -0.1) is 0 Å². The maximum atomic E-state index is 12.4. The highest BCUT2D eigenvalue weighted by molar-refractivity contribution is 6.30. The van der Waals surface area contributed by atoms with Crippen molar-refractivity contribution < 1.29 is 19.1 Å². The minimum Gasteiger partial charge on any atom is -0.481 e. The highest BCUT2D eigenvalue weighted by Gasteiger charge is 2.19. The molecule has 0 aliphatic carbocycles. The van der Waals surface area contributed by atoms with Gasteiger partial charge in [0, 0.05) is 10.6 Å². The van der Waals surface area contributed by atoms with E-state index in [4.69, 9.17) is 21.1 Å². The average Bonchev–Trinajstić information content (AvgIpc) is 2.97. The summed E-state index contributed by atoms with van der Waals surface area (Å²) in [5.74, 6) is -1.99. The van der Waals surface area contributed by atoms with Gasteiger partial charge in [-0.3, -0.25) is 9.59 Å². The monoisotopic (exact) mass is 329 g/mol. The first-order chi connectivity index (χ1) is 11.0. The van der Waals surface area contributed by atoms with Gasteiger partial charge in [-0.2, -0.15) is 0 Å². The van der Waals surface area contributed by atoms with Gasteiger partial charge in [-0.05, 0) is 48.9 Å². The van der Waals surface area contributed by atoms with Crippen LogP contribution in [-0.4, -0.2) is 21.8 Å². The maximum Gasteiger partial charge on any atom is 0.310 e. The van der Waals surface area contributed by atoms with Crippen LogP contribution in [0.5, 0.6) is 0 Å². The molecule has 0 aliphatic heterocycles. The van der Waals surface area contributed by atoms with Crippen LogP contribution in [0.15, 0.2) is 46.9 Å². The number of carbonyl (C=O) groups is 2. The van der Waals surface area contributed by atoms with Crippen LogP contribution in [-0.2, 0) is 4.79 Å². The maximum absolute atomic E-state index is 12.4. The zero-order chi connectivity index (χ0) is 16.6. The highest BCUT2D eigenvalue weighted by Crippen LogP contribution is 2.24. The molecule has 116 valence electrons. The number of carboxylic acids is 1. The minimum absolute atomic E-state index is 0.0394. The number of nitrogens with zero attached hydrogens (tertiary/aromatic N) is 1. The molecule has 23 heavy (non-hydrogen) atoms. The standard InChI is InChI=1S/C17H12ClNO4/c1-9(17(21)22)11-4-7-13-14(8-11)23-16(19-13)15(20)10-2-5-12(18)6-3-10/h2-9H,1H3,(H,21,22). The van der Waals surface area contributed by atoms with E-state index in [1.54, 1.807) is 49.4 Å². The first-order valence-corrected chi connectivity index (χ1v) is 7.27. The van der Waals surface area contributed by atoms with E-state index in [2.05, 4.69) is 4.98 Å². The fraction of sp³-hybridized carbons (Fsp3) is 0.118. The lowest BCUT2D eigenvalue weighted by molar-refractivity contribution is -0.138. The van der Waals surface area contributed by atoms with Crippen LogP contribution in [0.3, 0.4) is 0 Å². The smallest absolute Gasteiger partial charge is 0.310 e. The van der Waals surface area contributed by atoms with Crippen molar-refractivity contribution in [2.75, 3.05) is 0 Å². The predicted molar refractivity (Wildman–Crippen MR) is 84.9 cm³/mol. The molecular weight excluding hydrogens is 318 g/mol. The lowest BCUT2D eigenvalue weighted by atomic mass is 10.0. The van der Waals surface area contributed by atoms with Gasteiger partial charge in [0.2, 0.25) is 5.78 Å². The van der Waals surface area contributed by atoms with Crippen LogP contribution in [0.1, 0.15) is 34.7 Å². The molecule has 3 rings (SSSR count). The second-order valence-electron chi connectivity index (χ2n) is 5.14. The highest BCUT2D eigenvalue weighted by atomic mass is 35.5. The number of halogens is 1.